The zero-order valence-electron chi connectivity index (χ0n) is 12.0. The Labute approximate surface area is 128 Å². The normalized spacial score (nSPS) is 10.5. The molecule has 0 aliphatic rings. The molecule has 1 heterocycles. The molecule has 0 aliphatic carbocycles. The number of anilines is 1. The van der Waals surface area contributed by atoms with Gasteiger partial charge in [0.1, 0.15) is 0 Å². The summed E-state index contributed by atoms with van der Waals surface area (Å²) in [7, 11) is 0. The van der Waals surface area contributed by atoms with Gasteiger partial charge in [-0.3, -0.25) is 0 Å². The number of aromatic nitrogens is 2. The molecule has 0 atom stereocenters. The van der Waals surface area contributed by atoms with Gasteiger partial charge in [-0.15, -0.1) is 11.8 Å². The van der Waals surface area contributed by atoms with Crippen LogP contribution in [0.25, 0.3) is 0 Å². The molecule has 2 N–H and O–H groups in total. The van der Waals surface area contributed by atoms with Crippen LogP contribution in [-0.4, -0.2) is 15.7 Å². The van der Waals surface area contributed by atoms with Crippen LogP contribution in [0.2, 0.25) is 0 Å². The Morgan fingerprint density at radius 2 is 2.24 bits per heavy atom. The summed E-state index contributed by atoms with van der Waals surface area (Å²) in [4.78, 5) is 22.1. The van der Waals surface area contributed by atoms with Crippen LogP contribution in [0.5, 0.6) is 0 Å². The molecule has 6 heteroatoms. The zero-order chi connectivity index (χ0) is 15.1. The van der Waals surface area contributed by atoms with Gasteiger partial charge in [0, 0.05) is 23.2 Å². The maximum atomic E-state index is 11.7. The Balaban J connectivity index is 1.94. The molecule has 2 rings (SSSR count). The second kappa shape index (κ2) is 7.73. The fourth-order valence-electron chi connectivity index (χ4n) is 1.74. The smallest absolute Gasteiger partial charge is 0.332 e. The first-order valence-corrected chi connectivity index (χ1v) is 7.90. The average Bonchev–Trinajstić information content (AvgIpc) is 2.91. The highest BCUT2D eigenvalue weighted by Gasteiger charge is 2.10. The molecule has 0 fully saturated rings. The van der Waals surface area contributed by atoms with Gasteiger partial charge in [0.15, 0.2) is 5.82 Å². The van der Waals surface area contributed by atoms with Crippen molar-refractivity contribution in [2.45, 2.75) is 36.8 Å². The third-order valence-electron chi connectivity index (χ3n) is 2.89. The van der Waals surface area contributed by atoms with Crippen molar-refractivity contribution in [3.8, 4) is 0 Å². The molecule has 0 saturated heterocycles. The molecule has 112 valence electrons. The minimum Gasteiger partial charge on any atom is -0.398 e. The summed E-state index contributed by atoms with van der Waals surface area (Å²) in [6, 6.07) is 7.66. The fourth-order valence-corrected chi connectivity index (χ4v) is 2.63. The molecule has 0 saturated carbocycles. The molecule has 21 heavy (non-hydrogen) atoms. The van der Waals surface area contributed by atoms with Gasteiger partial charge in [-0.2, -0.15) is 4.73 Å². The second-order valence-electron chi connectivity index (χ2n) is 4.56. The van der Waals surface area contributed by atoms with Crippen molar-refractivity contribution in [2.24, 2.45) is 0 Å². The molecule has 0 amide bonds. The van der Waals surface area contributed by atoms with Crippen LogP contribution in [0.1, 0.15) is 32.0 Å². The summed E-state index contributed by atoms with van der Waals surface area (Å²) in [5, 5.41) is 0. The Hall–Kier alpha value is -1.95. The van der Waals surface area contributed by atoms with E-state index in [0.29, 0.717) is 18.0 Å². The van der Waals surface area contributed by atoms with E-state index in [1.807, 2.05) is 31.2 Å². The highest BCUT2D eigenvalue weighted by molar-refractivity contribution is 7.98. The quantitative estimate of drug-likeness (QED) is 0.629. The Morgan fingerprint density at radius 1 is 1.43 bits per heavy atom. The summed E-state index contributed by atoms with van der Waals surface area (Å²) in [5.41, 5.74) is 6.64. The van der Waals surface area contributed by atoms with E-state index in [4.69, 9.17) is 10.6 Å². The van der Waals surface area contributed by atoms with Crippen molar-refractivity contribution in [3.05, 3.63) is 42.5 Å². The van der Waals surface area contributed by atoms with Gasteiger partial charge in [-0.25, -0.2) is 9.78 Å². The lowest BCUT2D eigenvalue weighted by Gasteiger charge is -2.08. The van der Waals surface area contributed by atoms with E-state index in [1.54, 1.807) is 24.2 Å². The van der Waals surface area contributed by atoms with Gasteiger partial charge in [-0.05, 0) is 18.6 Å². The van der Waals surface area contributed by atoms with Crippen molar-refractivity contribution in [1.29, 1.82) is 0 Å². The van der Waals surface area contributed by atoms with Crippen molar-refractivity contribution in [2.75, 3.05) is 5.73 Å². The lowest BCUT2D eigenvalue weighted by molar-refractivity contribution is -0.144. The summed E-state index contributed by atoms with van der Waals surface area (Å²) in [5.74, 6) is 1.04. The van der Waals surface area contributed by atoms with Crippen molar-refractivity contribution < 1.29 is 9.63 Å². The minimum atomic E-state index is -0.236. The van der Waals surface area contributed by atoms with E-state index in [0.717, 1.165) is 23.4 Å². The predicted molar refractivity (Wildman–Crippen MR) is 83.8 cm³/mol. The van der Waals surface area contributed by atoms with Crippen molar-refractivity contribution in [3.63, 3.8) is 0 Å². The number of hydrogen-bond acceptors (Lipinski definition) is 5. The standard InChI is InChI=1S/C15H19N3O2S/c1-2-3-8-15(19)20-18-10-9-17-14(18)11-21-13-7-5-4-6-12(13)16/h4-7,9-10H,2-3,8,11,16H2,1H3. The van der Waals surface area contributed by atoms with E-state index in [9.17, 15) is 4.79 Å². The molecule has 2 aromatic rings. The maximum absolute atomic E-state index is 11.7. The largest absolute Gasteiger partial charge is 0.398 e. The number of thioether (sulfide) groups is 1. The summed E-state index contributed by atoms with van der Waals surface area (Å²) < 4.78 is 1.43. The Kier molecular flexibility index (Phi) is 5.68. The molecule has 0 bridgehead atoms. The van der Waals surface area contributed by atoms with E-state index in [2.05, 4.69) is 4.98 Å². The molecule has 1 aromatic carbocycles. The number of carbonyl (C=O) groups excluding carboxylic acids is 1. The van der Waals surface area contributed by atoms with E-state index >= 15 is 0 Å². The van der Waals surface area contributed by atoms with Crippen LogP contribution in [-0.2, 0) is 10.5 Å². The topological polar surface area (TPSA) is 70.1 Å². The number of nitrogens with zero attached hydrogens (tertiary/aromatic N) is 2. The third-order valence-corrected chi connectivity index (χ3v) is 3.98. The molecule has 0 radical (unpaired) electrons. The first-order chi connectivity index (χ1) is 10.2. The number of nitrogens with two attached hydrogens (primary N) is 1. The lowest BCUT2D eigenvalue weighted by atomic mass is 10.3. The van der Waals surface area contributed by atoms with E-state index in [1.165, 1.54) is 4.73 Å². The van der Waals surface area contributed by atoms with Crippen LogP contribution in [0.3, 0.4) is 0 Å². The van der Waals surface area contributed by atoms with Crippen LogP contribution >= 0.6 is 11.8 Å². The molecule has 0 unspecified atom stereocenters. The van der Waals surface area contributed by atoms with Crippen LogP contribution < -0.4 is 10.6 Å². The van der Waals surface area contributed by atoms with E-state index < -0.39 is 0 Å². The molecular weight excluding hydrogens is 286 g/mol. The Bertz CT molecular complexity index is 598. The molecule has 0 spiro atoms. The van der Waals surface area contributed by atoms with Gasteiger partial charge in [0.25, 0.3) is 0 Å². The van der Waals surface area contributed by atoms with Gasteiger partial charge >= 0.3 is 5.97 Å². The van der Waals surface area contributed by atoms with E-state index in [-0.39, 0.29) is 5.97 Å². The predicted octanol–water partition coefficient (Wildman–Crippen LogP) is 2.90. The SMILES string of the molecule is CCCCC(=O)On1ccnc1CSc1ccccc1N. The summed E-state index contributed by atoms with van der Waals surface area (Å²) >= 11 is 1.56. The fraction of sp³-hybridized carbons (Fsp3) is 0.333. The Morgan fingerprint density at radius 3 is 3.00 bits per heavy atom. The number of hydrogen-bond donors (Lipinski definition) is 1. The van der Waals surface area contributed by atoms with Crippen LogP contribution in [0.4, 0.5) is 5.69 Å². The van der Waals surface area contributed by atoms with Crippen molar-refractivity contribution >= 4 is 23.4 Å². The molecule has 0 aliphatic heterocycles. The molecule has 5 nitrogen and oxygen atoms in total. The monoisotopic (exact) mass is 305 g/mol. The van der Waals surface area contributed by atoms with Gasteiger partial charge in [0.2, 0.25) is 0 Å². The van der Waals surface area contributed by atoms with Crippen LogP contribution in [0, 0.1) is 0 Å². The van der Waals surface area contributed by atoms with Gasteiger partial charge in [-0.1, -0.05) is 25.5 Å². The lowest BCUT2D eigenvalue weighted by Crippen LogP contribution is -2.20. The number of benzene rings is 1. The highest BCUT2D eigenvalue weighted by Crippen LogP contribution is 2.27. The highest BCUT2D eigenvalue weighted by atomic mass is 32.2. The first-order valence-electron chi connectivity index (χ1n) is 6.91. The van der Waals surface area contributed by atoms with Gasteiger partial charge < -0.3 is 10.6 Å². The third kappa shape index (κ3) is 4.53. The average molecular weight is 305 g/mol. The zero-order valence-corrected chi connectivity index (χ0v) is 12.8. The van der Waals surface area contributed by atoms with Gasteiger partial charge in [0.05, 0.1) is 11.9 Å². The maximum Gasteiger partial charge on any atom is 0.332 e. The summed E-state index contributed by atoms with van der Waals surface area (Å²) in [6.07, 6.45) is 5.49. The number of para-hydroxylation sites is 1. The molecule has 1 aromatic heterocycles. The molecular formula is C15H19N3O2S. The number of rotatable bonds is 7. The first kappa shape index (κ1) is 15.4. The number of nitrogen functional groups attached to an aromatic ring is 1. The van der Waals surface area contributed by atoms with Crippen molar-refractivity contribution in [1.82, 2.24) is 9.71 Å². The minimum absolute atomic E-state index is 0.236. The number of unbranched alkanes of at least 4 members (excludes halogenated alkanes) is 1. The number of imidazole rings is 1. The second-order valence-corrected chi connectivity index (χ2v) is 5.58. The number of carbonyl (C=O) groups is 1. The van der Waals surface area contributed by atoms with Crippen LogP contribution in [0.15, 0.2) is 41.6 Å². The summed E-state index contributed by atoms with van der Waals surface area (Å²) in [6.45, 7) is 2.04.